The summed E-state index contributed by atoms with van der Waals surface area (Å²) in [5, 5.41) is 4.00. The predicted octanol–water partition coefficient (Wildman–Crippen LogP) is 3.78. The lowest BCUT2D eigenvalue weighted by Crippen LogP contribution is -2.45. The Morgan fingerprint density at radius 3 is 2.35 bits per heavy atom. The van der Waals surface area contributed by atoms with E-state index in [1.165, 1.54) is 12.0 Å². The van der Waals surface area contributed by atoms with Crippen molar-refractivity contribution in [1.29, 1.82) is 0 Å². The third kappa shape index (κ3) is 6.90. The molecule has 1 aliphatic carbocycles. The number of amides is 1. The molecular weight excluding hydrogens is 393 g/mol. The van der Waals surface area contributed by atoms with E-state index in [1.807, 2.05) is 12.1 Å². The average molecular weight is 423 g/mol. The zero-order chi connectivity index (χ0) is 16.9. The second kappa shape index (κ2) is 11.4. The van der Waals surface area contributed by atoms with Crippen molar-refractivity contribution < 1.29 is 4.79 Å². The molecule has 3 rings (SSSR count). The largest absolute Gasteiger partial charge is 0.353 e. The molecule has 1 saturated heterocycles. The van der Waals surface area contributed by atoms with Crippen molar-refractivity contribution in [3.05, 3.63) is 34.9 Å². The van der Waals surface area contributed by atoms with E-state index in [2.05, 4.69) is 22.3 Å². The number of hydrogen-bond acceptors (Lipinski definition) is 3. The molecule has 0 bridgehead atoms. The maximum atomic E-state index is 12.2. The molecule has 7 heteroatoms. The summed E-state index contributed by atoms with van der Waals surface area (Å²) in [6, 6.07) is 8.59. The summed E-state index contributed by atoms with van der Waals surface area (Å²) in [5.41, 5.74) is 7.36. The first-order valence-electron chi connectivity index (χ1n) is 9.12. The Bertz CT molecular complexity index is 547. The van der Waals surface area contributed by atoms with Gasteiger partial charge in [0.05, 0.1) is 0 Å². The summed E-state index contributed by atoms with van der Waals surface area (Å²) in [7, 11) is 0. The normalized spacial score (nSPS) is 23.8. The summed E-state index contributed by atoms with van der Waals surface area (Å²) < 4.78 is 0. The fourth-order valence-corrected chi connectivity index (χ4v) is 4.05. The van der Waals surface area contributed by atoms with Crippen molar-refractivity contribution >= 4 is 42.3 Å². The molecule has 26 heavy (non-hydrogen) atoms. The lowest BCUT2D eigenvalue weighted by molar-refractivity contribution is -0.123. The molecule has 1 heterocycles. The van der Waals surface area contributed by atoms with Crippen LogP contribution >= 0.6 is 36.4 Å². The number of nitrogens with two attached hydrogens (primary N) is 1. The van der Waals surface area contributed by atoms with Crippen LogP contribution in [0.15, 0.2) is 24.3 Å². The minimum absolute atomic E-state index is 0. The molecule has 2 aliphatic rings. The van der Waals surface area contributed by atoms with Crippen molar-refractivity contribution in [3.8, 4) is 0 Å². The van der Waals surface area contributed by atoms with E-state index in [-0.39, 0.29) is 36.8 Å². The molecule has 148 valence electrons. The van der Waals surface area contributed by atoms with Gasteiger partial charge in [0.25, 0.3) is 0 Å². The molecule has 0 aromatic heterocycles. The highest BCUT2D eigenvalue weighted by Gasteiger charge is 2.27. The molecule has 1 saturated carbocycles. The van der Waals surface area contributed by atoms with Gasteiger partial charge in [0.15, 0.2) is 0 Å². The fourth-order valence-electron chi connectivity index (χ4n) is 3.93. The van der Waals surface area contributed by atoms with Gasteiger partial charge in [-0.1, -0.05) is 30.2 Å². The first-order chi connectivity index (χ1) is 11.6. The van der Waals surface area contributed by atoms with Crippen molar-refractivity contribution in [2.24, 2.45) is 11.7 Å². The highest BCUT2D eigenvalue weighted by molar-refractivity contribution is 6.30. The molecule has 1 amide bonds. The Morgan fingerprint density at radius 2 is 1.77 bits per heavy atom. The van der Waals surface area contributed by atoms with Gasteiger partial charge in [0, 0.05) is 43.2 Å². The third-order valence-electron chi connectivity index (χ3n) is 5.44. The van der Waals surface area contributed by atoms with Gasteiger partial charge in [-0.2, -0.15) is 0 Å². The van der Waals surface area contributed by atoms with Crippen LogP contribution in [0, 0.1) is 5.92 Å². The van der Waals surface area contributed by atoms with Gasteiger partial charge in [0.2, 0.25) is 5.91 Å². The summed E-state index contributed by atoms with van der Waals surface area (Å²) in [5.74, 6) is 0.573. The van der Waals surface area contributed by atoms with Gasteiger partial charge in [-0.05, 0) is 49.3 Å². The van der Waals surface area contributed by atoms with Gasteiger partial charge in [-0.3, -0.25) is 9.69 Å². The molecule has 3 N–H and O–H groups in total. The fraction of sp³-hybridized carbons (Fsp3) is 0.632. The van der Waals surface area contributed by atoms with E-state index in [1.54, 1.807) is 0 Å². The second-order valence-corrected chi connectivity index (χ2v) is 7.74. The Hall–Kier alpha value is -0.520. The van der Waals surface area contributed by atoms with Crippen molar-refractivity contribution in [2.75, 3.05) is 13.1 Å². The van der Waals surface area contributed by atoms with Crippen LogP contribution < -0.4 is 11.1 Å². The number of carbonyl (C=O) groups excluding carboxylic acids is 1. The van der Waals surface area contributed by atoms with Crippen molar-refractivity contribution in [2.45, 2.75) is 57.2 Å². The lowest BCUT2D eigenvalue weighted by Gasteiger charge is -2.32. The first-order valence-corrected chi connectivity index (χ1v) is 9.49. The van der Waals surface area contributed by atoms with Gasteiger partial charge in [-0.25, -0.2) is 0 Å². The van der Waals surface area contributed by atoms with Gasteiger partial charge in [0.1, 0.15) is 0 Å². The Balaban J connectivity index is 0.00000169. The summed E-state index contributed by atoms with van der Waals surface area (Å²) in [6.07, 6.45) is 6.00. The topological polar surface area (TPSA) is 58.4 Å². The van der Waals surface area contributed by atoms with Crippen LogP contribution in [-0.4, -0.2) is 36.0 Å². The average Bonchev–Trinajstić information content (AvgIpc) is 2.96. The second-order valence-electron chi connectivity index (χ2n) is 7.30. The Kier molecular flexibility index (Phi) is 10.3. The van der Waals surface area contributed by atoms with E-state index in [0.29, 0.717) is 18.4 Å². The summed E-state index contributed by atoms with van der Waals surface area (Å²) >= 11 is 5.93. The number of halogens is 3. The highest BCUT2D eigenvalue weighted by atomic mass is 35.5. The quantitative estimate of drug-likeness (QED) is 0.759. The number of carbonyl (C=O) groups is 1. The van der Waals surface area contributed by atoms with E-state index in [4.69, 9.17) is 17.3 Å². The van der Waals surface area contributed by atoms with Crippen LogP contribution in [0.3, 0.4) is 0 Å². The molecule has 0 unspecified atom stereocenters. The molecule has 2 fully saturated rings. The zero-order valence-electron chi connectivity index (χ0n) is 15.0. The number of nitrogens with zero attached hydrogens (tertiary/aromatic N) is 1. The maximum Gasteiger partial charge on any atom is 0.220 e. The van der Waals surface area contributed by atoms with Gasteiger partial charge in [-0.15, -0.1) is 24.8 Å². The van der Waals surface area contributed by atoms with Crippen molar-refractivity contribution in [1.82, 2.24) is 10.2 Å². The number of rotatable bonds is 5. The van der Waals surface area contributed by atoms with Crippen LogP contribution in [0.4, 0.5) is 0 Å². The third-order valence-corrected chi connectivity index (χ3v) is 5.69. The van der Waals surface area contributed by atoms with Crippen molar-refractivity contribution in [3.63, 3.8) is 0 Å². The number of hydrogen-bond donors (Lipinski definition) is 2. The van der Waals surface area contributed by atoms with Crippen LogP contribution in [-0.2, 0) is 11.3 Å². The number of likely N-dealkylation sites (tertiary alicyclic amines) is 1. The molecule has 0 spiro atoms. The van der Waals surface area contributed by atoms with Gasteiger partial charge < -0.3 is 11.1 Å². The van der Waals surface area contributed by atoms with Crippen LogP contribution in [0.25, 0.3) is 0 Å². The van der Waals surface area contributed by atoms with Crippen LogP contribution in [0.5, 0.6) is 0 Å². The Labute approximate surface area is 174 Å². The minimum Gasteiger partial charge on any atom is -0.353 e. The molecule has 0 radical (unpaired) electrons. The van der Waals surface area contributed by atoms with Gasteiger partial charge >= 0.3 is 0 Å². The summed E-state index contributed by atoms with van der Waals surface area (Å²) in [6.45, 7) is 3.00. The molecular formula is C19H30Cl3N3O. The summed E-state index contributed by atoms with van der Waals surface area (Å²) in [4.78, 5) is 14.7. The standard InChI is InChI=1S/C19H28ClN3O.2ClH/c20-16-6-4-14(5-7-16)13-23-10-8-17(9-11-23)22-19(24)12-15-2-1-3-18(15)21;;/h4-7,15,17-18H,1-3,8-13,21H2,(H,22,24);2*1H/t15-,18+;;/m0../s1. The maximum absolute atomic E-state index is 12.2. The first kappa shape index (κ1) is 23.5. The lowest BCUT2D eigenvalue weighted by atomic mass is 9.98. The molecule has 1 aromatic rings. The Morgan fingerprint density at radius 1 is 1.12 bits per heavy atom. The molecule has 4 nitrogen and oxygen atoms in total. The van der Waals surface area contributed by atoms with E-state index >= 15 is 0 Å². The molecule has 2 atom stereocenters. The SMILES string of the molecule is Cl.Cl.N[C@@H]1CCC[C@H]1CC(=O)NC1CCN(Cc2ccc(Cl)cc2)CC1. The van der Waals surface area contributed by atoms with E-state index in [9.17, 15) is 4.79 Å². The highest BCUT2D eigenvalue weighted by Crippen LogP contribution is 2.26. The monoisotopic (exact) mass is 421 g/mol. The van der Waals surface area contributed by atoms with Crippen LogP contribution in [0.1, 0.15) is 44.1 Å². The smallest absolute Gasteiger partial charge is 0.220 e. The minimum atomic E-state index is 0. The number of piperidine rings is 1. The van der Waals surface area contributed by atoms with E-state index < -0.39 is 0 Å². The number of benzene rings is 1. The van der Waals surface area contributed by atoms with E-state index in [0.717, 1.165) is 50.3 Å². The number of nitrogens with one attached hydrogen (secondary N) is 1. The molecule has 1 aromatic carbocycles. The predicted molar refractivity (Wildman–Crippen MR) is 112 cm³/mol. The zero-order valence-corrected chi connectivity index (χ0v) is 17.4. The van der Waals surface area contributed by atoms with Crippen LogP contribution in [0.2, 0.25) is 5.02 Å². The molecule has 1 aliphatic heterocycles.